The van der Waals surface area contributed by atoms with E-state index in [4.69, 9.17) is 15.2 Å². The molecule has 0 saturated heterocycles. The van der Waals surface area contributed by atoms with Gasteiger partial charge in [-0.25, -0.2) is 0 Å². The standard InChI is InChI=1S/C8H8N2O4/c9-6-3-5(10(11)12)4-7-8(6)14-2-1-13-7/h3-4H,1-2,9H2. The summed E-state index contributed by atoms with van der Waals surface area (Å²) in [5.74, 6) is 0.727. The van der Waals surface area contributed by atoms with Crippen LogP contribution in [0.25, 0.3) is 0 Å². The number of nitrogens with zero attached hydrogens (tertiary/aromatic N) is 1. The first kappa shape index (κ1) is 8.61. The van der Waals surface area contributed by atoms with Crippen LogP contribution in [0.2, 0.25) is 0 Å². The number of nitrogen functional groups attached to an aromatic ring is 1. The minimum atomic E-state index is -0.519. The summed E-state index contributed by atoms with van der Waals surface area (Å²) in [4.78, 5) is 9.97. The van der Waals surface area contributed by atoms with E-state index in [9.17, 15) is 10.1 Å². The molecule has 0 unspecified atom stereocenters. The molecular formula is C8H8N2O4. The normalized spacial score (nSPS) is 13.7. The SMILES string of the molecule is Nc1cc([N+](=O)[O-])cc2c1OCCO2. The molecule has 0 saturated carbocycles. The molecule has 1 aliphatic rings. The van der Waals surface area contributed by atoms with Crippen LogP contribution in [0.15, 0.2) is 12.1 Å². The average molecular weight is 196 g/mol. The minimum Gasteiger partial charge on any atom is -0.486 e. The summed E-state index contributed by atoms with van der Waals surface area (Å²) < 4.78 is 10.4. The van der Waals surface area contributed by atoms with Gasteiger partial charge in [-0.15, -0.1) is 0 Å². The molecule has 0 radical (unpaired) electrons. The van der Waals surface area contributed by atoms with Crippen LogP contribution in [0.3, 0.4) is 0 Å². The molecule has 14 heavy (non-hydrogen) atoms. The molecule has 0 amide bonds. The first-order chi connectivity index (χ1) is 6.68. The average Bonchev–Trinajstić information content (AvgIpc) is 2.17. The van der Waals surface area contributed by atoms with Crippen molar-refractivity contribution >= 4 is 11.4 Å². The second kappa shape index (κ2) is 3.06. The fourth-order valence-corrected chi connectivity index (χ4v) is 1.27. The van der Waals surface area contributed by atoms with Gasteiger partial charge in [0.2, 0.25) is 0 Å². The maximum atomic E-state index is 10.5. The van der Waals surface area contributed by atoms with Gasteiger partial charge in [-0.2, -0.15) is 0 Å². The van der Waals surface area contributed by atoms with Crippen LogP contribution in [0.1, 0.15) is 0 Å². The van der Waals surface area contributed by atoms with E-state index in [2.05, 4.69) is 0 Å². The zero-order valence-electron chi connectivity index (χ0n) is 7.23. The van der Waals surface area contributed by atoms with Gasteiger partial charge in [-0.3, -0.25) is 10.1 Å². The molecule has 0 bridgehead atoms. The van der Waals surface area contributed by atoms with Crippen molar-refractivity contribution in [1.29, 1.82) is 0 Å². The molecule has 0 fully saturated rings. The van der Waals surface area contributed by atoms with Crippen LogP contribution < -0.4 is 15.2 Å². The number of nitro benzene ring substituents is 1. The summed E-state index contributed by atoms with van der Waals surface area (Å²) in [6.45, 7) is 0.794. The monoisotopic (exact) mass is 196 g/mol. The van der Waals surface area contributed by atoms with Gasteiger partial charge in [0, 0.05) is 6.07 Å². The van der Waals surface area contributed by atoms with Gasteiger partial charge in [0.15, 0.2) is 11.5 Å². The summed E-state index contributed by atoms with van der Waals surface area (Å²) in [7, 11) is 0. The lowest BCUT2D eigenvalue weighted by molar-refractivity contribution is -0.384. The summed E-state index contributed by atoms with van der Waals surface area (Å²) in [5, 5.41) is 10.5. The Morgan fingerprint density at radius 1 is 1.36 bits per heavy atom. The summed E-state index contributed by atoms with van der Waals surface area (Å²) in [5.41, 5.74) is 5.71. The minimum absolute atomic E-state index is 0.0910. The van der Waals surface area contributed by atoms with E-state index in [1.807, 2.05) is 0 Å². The van der Waals surface area contributed by atoms with E-state index in [-0.39, 0.29) is 11.4 Å². The van der Waals surface area contributed by atoms with Crippen LogP contribution in [0.4, 0.5) is 11.4 Å². The number of anilines is 1. The van der Waals surface area contributed by atoms with Crippen LogP contribution in [0, 0.1) is 10.1 Å². The molecule has 0 atom stereocenters. The van der Waals surface area contributed by atoms with E-state index in [0.717, 1.165) is 0 Å². The number of ether oxygens (including phenoxy) is 2. The van der Waals surface area contributed by atoms with Crippen LogP contribution >= 0.6 is 0 Å². The zero-order valence-corrected chi connectivity index (χ0v) is 7.23. The van der Waals surface area contributed by atoms with E-state index in [1.54, 1.807) is 0 Å². The highest BCUT2D eigenvalue weighted by molar-refractivity contribution is 5.66. The molecule has 74 valence electrons. The number of nitrogens with two attached hydrogens (primary N) is 1. The highest BCUT2D eigenvalue weighted by Crippen LogP contribution is 2.39. The lowest BCUT2D eigenvalue weighted by Crippen LogP contribution is -2.16. The molecule has 2 N–H and O–H groups in total. The van der Waals surface area contributed by atoms with Crippen molar-refractivity contribution in [3.63, 3.8) is 0 Å². The van der Waals surface area contributed by atoms with Crippen molar-refractivity contribution < 1.29 is 14.4 Å². The van der Waals surface area contributed by atoms with Crippen LogP contribution in [-0.2, 0) is 0 Å². The van der Waals surface area contributed by atoms with Crippen molar-refractivity contribution in [1.82, 2.24) is 0 Å². The number of rotatable bonds is 1. The highest BCUT2D eigenvalue weighted by Gasteiger charge is 2.20. The van der Waals surface area contributed by atoms with Gasteiger partial charge in [-0.1, -0.05) is 0 Å². The Balaban J connectivity index is 2.51. The lowest BCUT2D eigenvalue weighted by Gasteiger charge is -2.19. The summed E-state index contributed by atoms with van der Waals surface area (Å²) in [6, 6.07) is 2.57. The number of nitro groups is 1. The van der Waals surface area contributed by atoms with Gasteiger partial charge in [0.05, 0.1) is 16.7 Å². The quantitative estimate of drug-likeness (QED) is 0.410. The Bertz CT molecular complexity index is 391. The lowest BCUT2D eigenvalue weighted by atomic mass is 10.2. The van der Waals surface area contributed by atoms with E-state index in [0.29, 0.717) is 24.7 Å². The largest absolute Gasteiger partial charge is 0.486 e. The zero-order chi connectivity index (χ0) is 10.1. The molecule has 0 spiro atoms. The molecular weight excluding hydrogens is 188 g/mol. The number of hydrogen-bond acceptors (Lipinski definition) is 5. The maximum absolute atomic E-state index is 10.5. The molecule has 0 aliphatic carbocycles. The van der Waals surface area contributed by atoms with Crippen LogP contribution in [-0.4, -0.2) is 18.1 Å². The molecule has 1 aromatic rings. The number of fused-ring (bicyclic) bond motifs is 1. The molecule has 6 nitrogen and oxygen atoms in total. The highest BCUT2D eigenvalue weighted by atomic mass is 16.6. The first-order valence-corrected chi connectivity index (χ1v) is 4.02. The van der Waals surface area contributed by atoms with E-state index >= 15 is 0 Å². The fraction of sp³-hybridized carbons (Fsp3) is 0.250. The van der Waals surface area contributed by atoms with E-state index in [1.165, 1.54) is 12.1 Å². The third kappa shape index (κ3) is 1.30. The van der Waals surface area contributed by atoms with Gasteiger partial charge < -0.3 is 15.2 Å². The van der Waals surface area contributed by atoms with Gasteiger partial charge in [-0.05, 0) is 0 Å². The molecule has 1 aromatic carbocycles. The second-order valence-electron chi connectivity index (χ2n) is 2.82. The Morgan fingerprint density at radius 3 is 2.79 bits per heavy atom. The van der Waals surface area contributed by atoms with Crippen molar-refractivity contribution in [2.45, 2.75) is 0 Å². The molecule has 6 heteroatoms. The molecule has 2 rings (SSSR count). The summed E-state index contributed by atoms with van der Waals surface area (Å²) >= 11 is 0. The fourth-order valence-electron chi connectivity index (χ4n) is 1.27. The predicted molar refractivity (Wildman–Crippen MR) is 48.5 cm³/mol. The second-order valence-corrected chi connectivity index (χ2v) is 2.82. The predicted octanol–water partition coefficient (Wildman–Crippen LogP) is 0.948. The number of non-ortho nitro benzene ring substituents is 1. The Hall–Kier alpha value is -1.98. The maximum Gasteiger partial charge on any atom is 0.275 e. The molecule has 0 aromatic heterocycles. The Morgan fingerprint density at radius 2 is 2.07 bits per heavy atom. The van der Waals surface area contributed by atoms with Crippen LogP contribution in [0.5, 0.6) is 11.5 Å². The summed E-state index contributed by atoms with van der Waals surface area (Å²) in [6.07, 6.45) is 0. The topological polar surface area (TPSA) is 87.6 Å². The number of benzene rings is 1. The first-order valence-electron chi connectivity index (χ1n) is 4.02. The van der Waals surface area contributed by atoms with Gasteiger partial charge in [0.1, 0.15) is 13.2 Å². The smallest absolute Gasteiger partial charge is 0.275 e. The number of hydrogen-bond donors (Lipinski definition) is 1. The van der Waals surface area contributed by atoms with Crippen molar-refractivity contribution in [2.24, 2.45) is 0 Å². The van der Waals surface area contributed by atoms with E-state index < -0.39 is 4.92 Å². The molecule has 1 heterocycles. The van der Waals surface area contributed by atoms with Crippen molar-refractivity contribution in [3.8, 4) is 11.5 Å². The van der Waals surface area contributed by atoms with Crippen molar-refractivity contribution in [2.75, 3.05) is 18.9 Å². The third-order valence-electron chi connectivity index (χ3n) is 1.87. The van der Waals surface area contributed by atoms with Gasteiger partial charge in [0.25, 0.3) is 5.69 Å². The Labute approximate surface area is 79.4 Å². The Kier molecular flexibility index (Phi) is 1.88. The third-order valence-corrected chi connectivity index (χ3v) is 1.87. The van der Waals surface area contributed by atoms with Gasteiger partial charge >= 0.3 is 0 Å². The molecule has 1 aliphatic heterocycles. The van der Waals surface area contributed by atoms with Crippen molar-refractivity contribution in [3.05, 3.63) is 22.2 Å².